The molecule has 0 saturated heterocycles. The molecule has 0 spiro atoms. The van der Waals surface area contributed by atoms with Gasteiger partial charge in [0, 0.05) is 19.8 Å². The van der Waals surface area contributed by atoms with Crippen LogP contribution in [-0.2, 0) is 10.0 Å². The Morgan fingerprint density at radius 3 is 2.17 bits per heavy atom. The lowest BCUT2D eigenvalue weighted by Crippen LogP contribution is -2.16. The van der Waals surface area contributed by atoms with Crippen LogP contribution in [-0.4, -0.2) is 25.4 Å². The molecule has 3 N–H and O–H groups in total. The summed E-state index contributed by atoms with van der Waals surface area (Å²) in [7, 11) is -3.83. The fourth-order valence-corrected chi connectivity index (χ4v) is 4.10. The molecule has 0 aliphatic heterocycles. The van der Waals surface area contributed by atoms with E-state index in [1.807, 2.05) is 0 Å². The highest BCUT2D eigenvalue weighted by molar-refractivity contribution is 14.1. The smallest absolute Gasteiger partial charge is 0.337 e. The Bertz CT molecular complexity index is 1210. The van der Waals surface area contributed by atoms with E-state index in [4.69, 9.17) is 11.6 Å². The predicted molar refractivity (Wildman–Crippen MR) is 123 cm³/mol. The van der Waals surface area contributed by atoms with Crippen molar-refractivity contribution in [1.29, 1.82) is 0 Å². The van der Waals surface area contributed by atoms with Crippen molar-refractivity contribution < 1.29 is 23.1 Å². The molecule has 0 aromatic heterocycles. The number of sulfonamides is 1. The minimum absolute atomic E-state index is 0.0182. The summed E-state index contributed by atoms with van der Waals surface area (Å²) in [6, 6.07) is 16.2. The van der Waals surface area contributed by atoms with E-state index in [1.54, 1.807) is 24.3 Å². The quantitative estimate of drug-likeness (QED) is 0.381. The number of benzene rings is 3. The van der Waals surface area contributed by atoms with Crippen molar-refractivity contribution in [2.75, 3.05) is 10.0 Å². The number of halogens is 2. The van der Waals surface area contributed by atoms with E-state index in [0.29, 0.717) is 5.69 Å². The summed E-state index contributed by atoms with van der Waals surface area (Å²) in [5.74, 6) is -1.83. The molecule has 10 heteroatoms. The summed E-state index contributed by atoms with van der Waals surface area (Å²) in [5, 5.41) is 12.0. The fraction of sp³-hybridized carbons (Fsp3) is 0. The molecule has 0 saturated carbocycles. The van der Waals surface area contributed by atoms with Gasteiger partial charge < -0.3 is 10.4 Å². The highest BCUT2D eigenvalue weighted by atomic mass is 127. The highest BCUT2D eigenvalue weighted by Gasteiger charge is 2.17. The van der Waals surface area contributed by atoms with Gasteiger partial charge in [-0.2, -0.15) is 0 Å². The number of carboxylic acids is 1. The third-order valence-corrected chi connectivity index (χ3v) is 6.33. The Kier molecular flexibility index (Phi) is 6.64. The van der Waals surface area contributed by atoms with Crippen LogP contribution in [0.1, 0.15) is 20.7 Å². The number of carbonyl (C=O) groups excluding carboxylic acids is 1. The molecule has 0 unspecified atom stereocenters. The largest absolute Gasteiger partial charge is 0.478 e. The molecule has 1 amide bonds. The van der Waals surface area contributed by atoms with Crippen LogP contribution < -0.4 is 10.0 Å². The van der Waals surface area contributed by atoms with Gasteiger partial charge in [-0.3, -0.25) is 9.52 Å². The summed E-state index contributed by atoms with van der Waals surface area (Å²) in [6.45, 7) is 0. The molecule has 7 nitrogen and oxygen atoms in total. The first-order valence-corrected chi connectivity index (χ1v) is 11.3. The van der Waals surface area contributed by atoms with E-state index in [1.165, 1.54) is 42.5 Å². The van der Waals surface area contributed by atoms with E-state index in [9.17, 15) is 23.1 Å². The van der Waals surface area contributed by atoms with E-state index in [2.05, 4.69) is 32.6 Å². The molecule has 0 bridgehead atoms. The van der Waals surface area contributed by atoms with Crippen LogP contribution in [0, 0.1) is 3.57 Å². The summed E-state index contributed by atoms with van der Waals surface area (Å²) < 4.78 is 28.5. The molecule has 3 rings (SSSR count). The number of nitrogens with one attached hydrogen (secondary N) is 2. The Labute approximate surface area is 191 Å². The van der Waals surface area contributed by atoms with Gasteiger partial charge in [-0.05, 0) is 89.3 Å². The van der Waals surface area contributed by atoms with Gasteiger partial charge in [0.1, 0.15) is 0 Å². The fourth-order valence-electron chi connectivity index (χ4n) is 2.51. The third kappa shape index (κ3) is 5.29. The lowest BCUT2D eigenvalue weighted by atomic mass is 10.1. The summed E-state index contributed by atoms with van der Waals surface area (Å²) in [4.78, 5) is 23.8. The maximum absolute atomic E-state index is 12.5. The van der Waals surface area contributed by atoms with Crippen LogP contribution in [0.25, 0.3) is 0 Å². The van der Waals surface area contributed by atoms with Crippen LogP contribution in [0.3, 0.4) is 0 Å². The van der Waals surface area contributed by atoms with E-state index in [-0.39, 0.29) is 26.7 Å². The SMILES string of the molecule is O=C(Nc1ccc(Cl)cc1C(=O)O)c1ccc(S(=O)(=O)Nc2ccc(I)cc2)cc1. The van der Waals surface area contributed by atoms with Gasteiger partial charge in [0.05, 0.1) is 16.1 Å². The maximum atomic E-state index is 12.5. The van der Waals surface area contributed by atoms with Gasteiger partial charge in [-0.15, -0.1) is 0 Å². The lowest BCUT2D eigenvalue weighted by Gasteiger charge is -2.10. The molecule has 0 atom stereocenters. The lowest BCUT2D eigenvalue weighted by molar-refractivity contribution is 0.0698. The summed E-state index contributed by atoms with van der Waals surface area (Å²) in [6.07, 6.45) is 0. The maximum Gasteiger partial charge on any atom is 0.337 e. The van der Waals surface area contributed by atoms with Crippen LogP contribution >= 0.6 is 34.2 Å². The average Bonchev–Trinajstić information content (AvgIpc) is 2.71. The van der Waals surface area contributed by atoms with Crippen molar-refractivity contribution >= 4 is 67.5 Å². The van der Waals surface area contributed by atoms with Crippen molar-refractivity contribution in [2.24, 2.45) is 0 Å². The molecule has 0 heterocycles. The van der Waals surface area contributed by atoms with E-state index >= 15 is 0 Å². The first-order chi connectivity index (χ1) is 14.2. The summed E-state index contributed by atoms with van der Waals surface area (Å²) >= 11 is 7.92. The van der Waals surface area contributed by atoms with Gasteiger partial charge in [0.25, 0.3) is 15.9 Å². The Hall–Kier alpha value is -2.63. The first kappa shape index (κ1) is 22.1. The normalized spacial score (nSPS) is 11.0. The zero-order valence-corrected chi connectivity index (χ0v) is 18.8. The Morgan fingerprint density at radius 1 is 0.933 bits per heavy atom. The van der Waals surface area contributed by atoms with Crippen molar-refractivity contribution in [3.63, 3.8) is 0 Å². The monoisotopic (exact) mass is 556 g/mol. The molecular formula is C20H14ClIN2O5S. The van der Waals surface area contributed by atoms with Gasteiger partial charge in [-0.1, -0.05) is 11.6 Å². The van der Waals surface area contributed by atoms with Crippen molar-refractivity contribution in [3.05, 3.63) is 86.4 Å². The third-order valence-electron chi connectivity index (χ3n) is 3.98. The molecule has 0 aliphatic rings. The van der Waals surface area contributed by atoms with Crippen molar-refractivity contribution in [1.82, 2.24) is 0 Å². The van der Waals surface area contributed by atoms with Gasteiger partial charge in [-0.25, -0.2) is 13.2 Å². The molecular weight excluding hydrogens is 543 g/mol. The number of carboxylic acid groups (broad SMARTS) is 1. The Balaban J connectivity index is 1.77. The number of carbonyl (C=O) groups is 2. The predicted octanol–water partition coefficient (Wildman–Crippen LogP) is 4.70. The molecule has 154 valence electrons. The average molecular weight is 557 g/mol. The zero-order chi connectivity index (χ0) is 21.9. The molecule has 3 aromatic rings. The second kappa shape index (κ2) is 9.02. The molecule has 3 aromatic carbocycles. The van der Waals surface area contributed by atoms with Gasteiger partial charge in [0.2, 0.25) is 0 Å². The zero-order valence-electron chi connectivity index (χ0n) is 15.1. The van der Waals surface area contributed by atoms with Crippen LogP contribution in [0.4, 0.5) is 11.4 Å². The van der Waals surface area contributed by atoms with Gasteiger partial charge in [0.15, 0.2) is 0 Å². The highest BCUT2D eigenvalue weighted by Crippen LogP contribution is 2.22. The molecule has 0 aliphatic carbocycles. The molecule has 0 fully saturated rings. The minimum Gasteiger partial charge on any atom is -0.478 e. The standard InChI is InChI=1S/C20H14ClIN2O5S/c21-13-3-10-18(17(11-13)20(26)27)23-19(25)12-1-8-16(9-2-12)30(28,29)24-15-6-4-14(22)5-7-15/h1-11,24H,(H,23,25)(H,26,27). The topological polar surface area (TPSA) is 113 Å². The molecule has 0 radical (unpaired) electrons. The number of hydrogen-bond acceptors (Lipinski definition) is 4. The van der Waals surface area contributed by atoms with Crippen molar-refractivity contribution in [2.45, 2.75) is 4.90 Å². The molecule has 30 heavy (non-hydrogen) atoms. The summed E-state index contributed by atoms with van der Waals surface area (Å²) in [5.41, 5.74) is 0.501. The van der Waals surface area contributed by atoms with Crippen LogP contribution in [0.15, 0.2) is 71.6 Å². The minimum atomic E-state index is -3.83. The number of amides is 1. The van der Waals surface area contributed by atoms with Gasteiger partial charge >= 0.3 is 5.97 Å². The number of rotatable bonds is 6. The number of hydrogen-bond donors (Lipinski definition) is 3. The van der Waals surface area contributed by atoms with Crippen molar-refractivity contribution in [3.8, 4) is 0 Å². The van der Waals surface area contributed by atoms with E-state index in [0.717, 1.165) is 3.57 Å². The number of aromatic carboxylic acids is 1. The van der Waals surface area contributed by atoms with E-state index < -0.39 is 21.9 Å². The number of anilines is 2. The Morgan fingerprint density at radius 2 is 1.57 bits per heavy atom. The second-order valence-corrected chi connectivity index (χ2v) is 9.45. The van der Waals surface area contributed by atoms with Crippen LogP contribution in [0.2, 0.25) is 5.02 Å². The second-order valence-electron chi connectivity index (χ2n) is 6.09. The van der Waals surface area contributed by atoms with Crippen LogP contribution in [0.5, 0.6) is 0 Å². The first-order valence-electron chi connectivity index (χ1n) is 8.38.